The number of pyridine rings is 1. The maximum Gasteiger partial charge on any atom is 0.264 e. The first-order valence-electron chi connectivity index (χ1n) is 8.45. The van der Waals surface area contributed by atoms with Crippen molar-refractivity contribution >= 4 is 49.0 Å². The first-order chi connectivity index (χ1) is 13.8. The Kier molecular flexibility index (Phi) is 4.73. The number of anilines is 2. The van der Waals surface area contributed by atoms with Gasteiger partial charge in [0.25, 0.3) is 10.0 Å². The molecule has 29 heavy (non-hydrogen) atoms. The van der Waals surface area contributed by atoms with Crippen LogP contribution in [0.5, 0.6) is 0 Å². The molecule has 0 aliphatic rings. The average Bonchev–Trinajstić information content (AvgIpc) is 3.03. The molecule has 3 N–H and O–H groups in total. The highest BCUT2D eigenvalue weighted by molar-refractivity contribution is 7.92. The molecular formula is C19H15N5O3S2. The fraction of sp³-hybridized carbons (Fsp3) is 0.0526. The minimum atomic E-state index is -3.87. The topological polar surface area (TPSA) is 128 Å². The second-order valence-electron chi connectivity index (χ2n) is 6.18. The summed E-state index contributed by atoms with van der Waals surface area (Å²) in [6.45, 7) is 1.87. The summed E-state index contributed by atoms with van der Waals surface area (Å²) >= 11 is 1.22. The lowest BCUT2D eigenvalue weighted by molar-refractivity contribution is 0.104. The Balaban J connectivity index is 1.62. The van der Waals surface area contributed by atoms with Gasteiger partial charge in [0, 0.05) is 29.0 Å². The SMILES string of the molecule is Cc1ccc2c(N)c(C(=O)c3ccc(S(=O)(=O)Nc4ncccn4)cc3)sc2n1. The zero-order valence-corrected chi connectivity index (χ0v) is 16.8. The Labute approximate surface area is 170 Å². The number of thiophene rings is 1. The summed E-state index contributed by atoms with van der Waals surface area (Å²) in [5, 5.41) is 0.732. The van der Waals surface area contributed by atoms with E-state index in [0.29, 0.717) is 21.0 Å². The number of nitrogens with one attached hydrogen (secondary N) is 1. The van der Waals surface area contributed by atoms with Crippen LogP contribution < -0.4 is 10.5 Å². The maximum absolute atomic E-state index is 12.9. The molecule has 0 fully saturated rings. The molecule has 4 aromatic rings. The normalized spacial score (nSPS) is 11.5. The fourth-order valence-corrected chi connectivity index (χ4v) is 4.77. The van der Waals surface area contributed by atoms with Gasteiger partial charge < -0.3 is 5.73 Å². The van der Waals surface area contributed by atoms with Crippen LogP contribution in [0.1, 0.15) is 20.9 Å². The quantitative estimate of drug-likeness (QED) is 0.470. The molecule has 0 radical (unpaired) electrons. The van der Waals surface area contributed by atoms with Gasteiger partial charge in [0.1, 0.15) is 9.71 Å². The third kappa shape index (κ3) is 3.67. The van der Waals surface area contributed by atoms with Crippen LogP contribution in [0.4, 0.5) is 11.6 Å². The molecule has 0 unspecified atom stereocenters. The van der Waals surface area contributed by atoms with Crippen molar-refractivity contribution in [2.75, 3.05) is 10.5 Å². The number of nitrogen functional groups attached to an aromatic ring is 1. The largest absolute Gasteiger partial charge is 0.397 e. The predicted octanol–water partition coefficient (Wildman–Crippen LogP) is 3.01. The van der Waals surface area contributed by atoms with E-state index in [0.717, 1.165) is 11.1 Å². The predicted molar refractivity (Wildman–Crippen MR) is 111 cm³/mol. The minimum absolute atomic E-state index is 0.0110. The molecule has 0 saturated carbocycles. The van der Waals surface area contributed by atoms with Crippen LogP contribution in [0.15, 0.2) is 59.8 Å². The lowest BCUT2D eigenvalue weighted by atomic mass is 10.1. The summed E-state index contributed by atoms with van der Waals surface area (Å²) in [6.07, 6.45) is 2.86. The van der Waals surface area contributed by atoms with Gasteiger partial charge in [-0.3, -0.25) is 4.79 Å². The summed E-state index contributed by atoms with van der Waals surface area (Å²) in [5.74, 6) is -0.319. The Bertz CT molecular complexity index is 1320. The molecule has 146 valence electrons. The van der Waals surface area contributed by atoms with Gasteiger partial charge in [-0.25, -0.2) is 28.1 Å². The smallest absolute Gasteiger partial charge is 0.264 e. The second kappa shape index (κ2) is 7.22. The van der Waals surface area contributed by atoms with Crippen molar-refractivity contribution in [3.63, 3.8) is 0 Å². The molecule has 10 heteroatoms. The lowest BCUT2D eigenvalue weighted by Gasteiger charge is -2.07. The number of carbonyl (C=O) groups excluding carboxylic acids is 1. The summed E-state index contributed by atoms with van der Waals surface area (Å²) < 4.78 is 27.2. The summed E-state index contributed by atoms with van der Waals surface area (Å²) in [4.78, 5) is 26.0. The van der Waals surface area contributed by atoms with Gasteiger partial charge in [0.2, 0.25) is 11.7 Å². The maximum atomic E-state index is 12.9. The van der Waals surface area contributed by atoms with Crippen molar-refractivity contribution in [2.24, 2.45) is 0 Å². The van der Waals surface area contributed by atoms with Crippen molar-refractivity contribution in [3.05, 3.63) is 71.0 Å². The Hall–Kier alpha value is -3.37. The van der Waals surface area contributed by atoms with E-state index in [1.807, 2.05) is 19.1 Å². The van der Waals surface area contributed by atoms with Gasteiger partial charge >= 0.3 is 0 Å². The average molecular weight is 425 g/mol. The first-order valence-corrected chi connectivity index (χ1v) is 10.8. The lowest BCUT2D eigenvalue weighted by Crippen LogP contribution is -2.15. The molecule has 0 spiro atoms. The summed E-state index contributed by atoms with van der Waals surface area (Å²) in [6, 6.07) is 10.9. The van der Waals surface area contributed by atoms with Crippen LogP contribution in [0.2, 0.25) is 0 Å². The summed E-state index contributed by atoms with van der Waals surface area (Å²) in [5.41, 5.74) is 7.68. The van der Waals surface area contributed by atoms with E-state index in [4.69, 9.17) is 5.73 Å². The number of sulfonamides is 1. The third-order valence-corrected chi connectivity index (χ3v) is 6.62. The van der Waals surface area contributed by atoms with E-state index in [1.54, 1.807) is 6.07 Å². The molecule has 0 amide bonds. The van der Waals surface area contributed by atoms with Gasteiger partial charge in [-0.05, 0) is 49.4 Å². The van der Waals surface area contributed by atoms with Gasteiger partial charge in [0.05, 0.1) is 10.6 Å². The van der Waals surface area contributed by atoms with E-state index in [2.05, 4.69) is 19.7 Å². The van der Waals surface area contributed by atoms with Gasteiger partial charge in [-0.15, -0.1) is 11.3 Å². The van der Waals surface area contributed by atoms with E-state index in [9.17, 15) is 13.2 Å². The van der Waals surface area contributed by atoms with Crippen molar-refractivity contribution in [2.45, 2.75) is 11.8 Å². The highest BCUT2D eigenvalue weighted by Gasteiger charge is 2.20. The van der Waals surface area contributed by atoms with Crippen LogP contribution in [0.3, 0.4) is 0 Å². The number of ketones is 1. The van der Waals surface area contributed by atoms with E-state index in [-0.39, 0.29) is 16.6 Å². The number of hydrogen-bond donors (Lipinski definition) is 2. The molecule has 8 nitrogen and oxygen atoms in total. The minimum Gasteiger partial charge on any atom is -0.397 e. The van der Waals surface area contributed by atoms with Crippen LogP contribution in [0.25, 0.3) is 10.2 Å². The van der Waals surface area contributed by atoms with Crippen molar-refractivity contribution < 1.29 is 13.2 Å². The molecule has 0 bridgehead atoms. The number of nitrogens with zero attached hydrogens (tertiary/aromatic N) is 3. The number of carbonyl (C=O) groups is 1. The highest BCUT2D eigenvalue weighted by Crippen LogP contribution is 2.34. The zero-order valence-electron chi connectivity index (χ0n) is 15.2. The number of aromatic nitrogens is 3. The third-order valence-electron chi connectivity index (χ3n) is 4.16. The van der Waals surface area contributed by atoms with Crippen LogP contribution in [-0.4, -0.2) is 29.2 Å². The Morgan fingerprint density at radius 1 is 1.07 bits per heavy atom. The molecule has 3 aromatic heterocycles. The van der Waals surface area contributed by atoms with E-state index >= 15 is 0 Å². The number of benzene rings is 1. The summed E-state index contributed by atoms with van der Waals surface area (Å²) in [7, 11) is -3.87. The van der Waals surface area contributed by atoms with Gasteiger partial charge in [-0.2, -0.15) is 0 Å². The van der Waals surface area contributed by atoms with Crippen LogP contribution in [-0.2, 0) is 10.0 Å². The Morgan fingerprint density at radius 2 is 1.76 bits per heavy atom. The van der Waals surface area contributed by atoms with Crippen molar-refractivity contribution in [1.29, 1.82) is 0 Å². The molecule has 0 aliphatic heterocycles. The van der Waals surface area contributed by atoms with Gasteiger partial charge in [0.15, 0.2) is 0 Å². The second-order valence-corrected chi connectivity index (χ2v) is 8.86. The number of nitrogens with two attached hydrogens (primary N) is 1. The number of rotatable bonds is 5. The molecule has 0 aliphatic carbocycles. The Morgan fingerprint density at radius 3 is 2.45 bits per heavy atom. The number of hydrogen-bond acceptors (Lipinski definition) is 8. The highest BCUT2D eigenvalue weighted by atomic mass is 32.2. The van der Waals surface area contributed by atoms with E-state index in [1.165, 1.54) is 48.0 Å². The fourth-order valence-electron chi connectivity index (χ4n) is 2.71. The number of aryl methyl sites for hydroxylation is 1. The van der Waals surface area contributed by atoms with Crippen LogP contribution >= 0.6 is 11.3 Å². The standard InChI is InChI=1S/C19H15N5O3S2/c1-11-3-8-14-15(20)17(28-18(14)23-11)16(25)12-4-6-13(7-5-12)29(26,27)24-19-21-9-2-10-22-19/h2-10H,20H2,1H3,(H,21,22,24). The van der Waals surface area contributed by atoms with Crippen LogP contribution in [0, 0.1) is 6.92 Å². The molecular weight excluding hydrogens is 410 g/mol. The molecule has 0 saturated heterocycles. The van der Waals surface area contributed by atoms with Crippen molar-refractivity contribution in [1.82, 2.24) is 15.0 Å². The molecule has 0 atom stereocenters. The van der Waals surface area contributed by atoms with Gasteiger partial charge in [-0.1, -0.05) is 0 Å². The molecule has 1 aromatic carbocycles. The molecule has 4 rings (SSSR count). The zero-order chi connectivity index (χ0) is 20.6. The first kappa shape index (κ1) is 19.0. The molecule has 3 heterocycles. The monoisotopic (exact) mass is 425 g/mol. The van der Waals surface area contributed by atoms with E-state index < -0.39 is 10.0 Å². The van der Waals surface area contributed by atoms with Crippen molar-refractivity contribution in [3.8, 4) is 0 Å². The number of fused-ring (bicyclic) bond motifs is 1.